The van der Waals surface area contributed by atoms with Gasteiger partial charge in [-0.15, -0.1) is 0 Å². The number of halogens is 1. The monoisotopic (exact) mass is 195 g/mol. The highest BCUT2D eigenvalue weighted by Gasteiger charge is 2.18. The Bertz CT molecular complexity index is 321. The molecule has 0 saturated carbocycles. The average Bonchev–Trinajstić information content (AvgIpc) is 2.23. The van der Waals surface area contributed by atoms with E-state index >= 15 is 0 Å². The van der Waals surface area contributed by atoms with Gasteiger partial charge in [0.15, 0.2) is 0 Å². The van der Waals surface area contributed by atoms with Crippen molar-refractivity contribution >= 4 is 0 Å². The normalized spacial score (nSPS) is 22.2. The maximum atomic E-state index is 13.0. The first-order valence-corrected chi connectivity index (χ1v) is 4.99. The molecular formula is C11H14FNO. The van der Waals surface area contributed by atoms with E-state index in [4.69, 9.17) is 0 Å². The van der Waals surface area contributed by atoms with Crippen molar-refractivity contribution in [2.45, 2.75) is 25.3 Å². The van der Waals surface area contributed by atoms with Crippen LogP contribution in [0.3, 0.4) is 0 Å². The topological polar surface area (TPSA) is 32.3 Å². The zero-order valence-electron chi connectivity index (χ0n) is 7.96. The molecule has 2 nitrogen and oxygen atoms in total. The number of nitrogens with one attached hydrogen (secondary N) is 1. The van der Waals surface area contributed by atoms with Crippen LogP contribution in [-0.4, -0.2) is 11.7 Å². The van der Waals surface area contributed by atoms with Gasteiger partial charge in [0.05, 0.1) is 0 Å². The summed E-state index contributed by atoms with van der Waals surface area (Å²) in [5, 5.41) is 12.9. The van der Waals surface area contributed by atoms with E-state index in [1.165, 1.54) is 18.2 Å². The minimum Gasteiger partial charge on any atom is -0.508 e. The van der Waals surface area contributed by atoms with Gasteiger partial charge in [-0.05, 0) is 37.6 Å². The van der Waals surface area contributed by atoms with Crippen LogP contribution in [0.4, 0.5) is 4.39 Å². The van der Waals surface area contributed by atoms with Crippen LogP contribution in [0.2, 0.25) is 0 Å². The van der Waals surface area contributed by atoms with Crippen molar-refractivity contribution in [1.82, 2.24) is 5.32 Å². The molecule has 2 rings (SSSR count). The Kier molecular flexibility index (Phi) is 2.68. The van der Waals surface area contributed by atoms with Gasteiger partial charge in [-0.2, -0.15) is 0 Å². The third-order valence-corrected chi connectivity index (χ3v) is 2.68. The SMILES string of the molecule is Oc1ccc(F)cc1C1CCCCN1. The molecule has 0 amide bonds. The molecule has 1 aromatic carbocycles. The zero-order chi connectivity index (χ0) is 9.97. The summed E-state index contributed by atoms with van der Waals surface area (Å²) in [6, 6.07) is 4.22. The molecule has 14 heavy (non-hydrogen) atoms. The minimum atomic E-state index is -0.287. The van der Waals surface area contributed by atoms with E-state index in [1.807, 2.05) is 0 Å². The quantitative estimate of drug-likeness (QED) is 0.721. The fourth-order valence-electron chi connectivity index (χ4n) is 1.92. The summed E-state index contributed by atoms with van der Waals surface area (Å²) in [7, 11) is 0. The van der Waals surface area contributed by atoms with E-state index < -0.39 is 0 Å². The second-order valence-corrected chi connectivity index (χ2v) is 3.71. The van der Waals surface area contributed by atoms with E-state index in [1.54, 1.807) is 0 Å². The van der Waals surface area contributed by atoms with E-state index in [-0.39, 0.29) is 17.6 Å². The molecule has 76 valence electrons. The van der Waals surface area contributed by atoms with Gasteiger partial charge in [0, 0.05) is 11.6 Å². The van der Waals surface area contributed by atoms with Crippen molar-refractivity contribution in [1.29, 1.82) is 0 Å². The van der Waals surface area contributed by atoms with Crippen LogP contribution >= 0.6 is 0 Å². The average molecular weight is 195 g/mol. The lowest BCUT2D eigenvalue weighted by atomic mass is 9.97. The van der Waals surface area contributed by atoms with Gasteiger partial charge < -0.3 is 10.4 Å². The second-order valence-electron chi connectivity index (χ2n) is 3.71. The van der Waals surface area contributed by atoms with E-state index in [0.717, 1.165) is 25.8 Å². The number of piperidine rings is 1. The van der Waals surface area contributed by atoms with Gasteiger partial charge in [-0.25, -0.2) is 4.39 Å². The lowest BCUT2D eigenvalue weighted by Crippen LogP contribution is -2.26. The van der Waals surface area contributed by atoms with Gasteiger partial charge in [0.2, 0.25) is 0 Å². The first kappa shape index (κ1) is 9.46. The standard InChI is InChI=1S/C11H14FNO/c12-8-4-5-11(14)9(7-8)10-3-1-2-6-13-10/h4-5,7,10,13-14H,1-3,6H2. The molecule has 0 spiro atoms. The summed E-state index contributed by atoms with van der Waals surface area (Å²) in [6.07, 6.45) is 3.26. The van der Waals surface area contributed by atoms with Crippen LogP contribution in [0.1, 0.15) is 30.9 Å². The number of hydrogen-bond donors (Lipinski definition) is 2. The van der Waals surface area contributed by atoms with Crippen molar-refractivity contribution in [3.05, 3.63) is 29.6 Å². The number of aromatic hydroxyl groups is 1. The Hall–Kier alpha value is -1.09. The Balaban J connectivity index is 2.24. The number of rotatable bonds is 1. The third-order valence-electron chi connectivity index (χ3n) is 2.68. The summed E-state index contributed by atoms with van der Waals surface area (Å²) in [6.45, 7) is 0.945. The number of hydrogen-bond acceptors (Lipinski definition) is 2. The molecule has 1 unspecified atom stereocenters. The molecule has 0 bridgehead atoms. The van der Waals surface area contributed by atoms with Gasteiger partial charge >= 0.3 is 0 Å². The maximum Gasteiger partial charge on any atom is 0.123 e. The summed E-state index contributed by atoms with van der Waals surface area (Å²) >= 11 is 0. The number of phenols is 1. The maximum absolute atomic E-state index is 13.0. The molecule has 2 N–H and O–H groups in total. The first-order chi connectivity index (χ1) is 6.77. The van der Waals surface area contributed by atoms with E-state index in [2.05, 4.69) is 5.32 Å². The molecule has 1 atom stereocenters. The molecule has 1 aliphatic rings. The predicted molar refractivity (Wildman–Crippen MR) is 52.7 cm³/mol. The first-order valence-electron chi connectivity index (χ1n) is 4.99. The lowest BCUT2D eigenvalue weighted by Gasteiger charge is -2.24. The molecule has 1 heterocycles. The largest absolute Gasteiger partial charge is 0.508 e. The van der Waals surface area contributed by atoms with Gasteiger partial charge in [0.25, 0.3) is 0 Å². The highest BCUT2D eigenvalue weighted by atomic mass is 19.1. The zero-order valence-corrected chi connectivity index (χ0v) is 7.96. The fourth-order valence-corrected chi connectivity index (χ4v) is 1.92. The molecule has 1 aromatic rings. The molecule has 0 radical (unpaired) electrons. The minimum absolute atomic E-state index is 0.111. The van der Waals surface area contributed by atoms with Crippen LogP contribution in [0.5, 0.6) is 5.75 Å². The Morgan fingerprint density at radius 1 is 1.36 bits per heavy atom. The van der Waals surface area contributed by atoms with Crippen LogP contribution in [-0.2, 0) is 0 Å². The molecule has 0 aromatic heterocycles. The molecule has 1 saturated heterocycles. The summed E-state index contributed by atoms with van der Waals surface area (Å²) in [5.41, 5.74) is 0.685. The van der Waals surface area contributed by atoms with Crippen LogP contribution < -0.4 is 5.32 Å². The number of phenolic OH excluding ortho intramolecular Hbond substituents is 1. The van der Waals surface area contributed by atoms with Crippen molar-refractivity contribution in [3.63, 3.8) is 0 Å². The van der Waals surface area contributed by atoms with Gasteiger partial charge in [-0.1, -0.05) is 6.42 Å². The number of benzene rings is 1. The van der Waals surface area contributed by atoms with Crippen LogP contribution in [0.25, 0.3) is 0 Å². The van der Waals surface area contributed by atoms with Crippen molar-refractivity contribution in [2.75, 3.05) is 6.54 Å². The van der Waals surface area contributed by atoms with Gasteiger partial charge in [0.1, 0.15) is 11.6 Å². The second kappa shape index (κ2) is 3.96. The summed E-state index contributed by atoms with van der Waals surface area (Å²) < 4.78 is 13.0. The van der Waals surface area contributed by atoms with Crippen LogP contribution in [0.15, 0.2) is 18.2 Å². The Labute approximate surface area is 82.8 Å². The summed E-state index contributed by atoms with van der Waals surface area (Å²) in [4.78, 5) is 0. The van der Waals surface area contributed by atoms with Crippen LogP contribution in [0, 0.1) is 5.82 Å². The predicted octanol–water partition coefficient (Wildman–Crippen LogP) is 2.35. The van der Waals surface area contributed by atoms with Crippen molar-refractivity contribution in [3.8, 4) is 5.75 Å². The molecule has 0 aliphatic carbocycles. The highest BCUT2D eigenvalue weighted by molar-refractivity contribution is 5.35. The molecule has 3 heteroatoms. The smallest absolute Gasteiger partial charge is 0.123 e. The van der Waals surface area contributed by atoms with Crippen molar-refractivity contribution < 1.29 is 9.50 Å². The Morgan fingerprint density at radius 2 is 2.21 bits per heavy atom. The van der Waals surface area contributed by atoms with Crippen molar-refractivity contribution in [2.24, 2.45) is 0 Å². The Morgan fingerprint density at radius 3 is 2.93 bits per heavy atom. The molecular weight excluding hydrogens is 181 g/mol. The van der Waals surface area contributed by atoms with E-state index in [9.17, 15) is 9.50 Å². The lowest BCUT2D eigenvalue weighted by molar-refractivity contribution is 0.389. The highest BCUT2D eigenvalue weighted by Crippen LogP contribution is 2.30. The van der Waals surface area contributed by atoms with Gasteiger partial charge in [-0.3, -0.25) is 0 Å². The summed E-state index contributed by atoms with van der Waals surface area (Å²) in [5.74, 6) is -0.101. The fraction of sp³-hybridized carbons (Fsp3) is 0.455. The molecule has 1 fully saturated rings. The molecule has 1 aliphatic heterocycles. The van der Waals surface area contributed by atoms with E-state index in [0.29, 0.717) is 5.56 Å². The third kappa shape index (κ3) is 1.87.